The zero-order chi connectivity index (χ0) is 14.6. The zero-order valence-electron chi connectivity index (χ0n) is 12.2. The predicted octanol–water partition coefficient (Wildman–Crippen LogP) is 1.58. The van der Waals surface area contributed by atoms with E-state index >= 15 is 0 Å². The first-order chi connectivity index (χ1) is 9.56. The Hall–Kier alpha value is -0.460. The normalized spacial score (nSPS) is 29.6. The molecule has 20 heavy (non-hydrogen) atoms. The van der Waals surface area contributed by atoms with Crippen molar-refractivity contribution in [3.8, 4) is 0 Å². The Bertz CT molecular complexity index is 434. The molecule has 2 unspecified atom stereocenters. The Labute approximate surface area is 121 Å². The van der Waals surface area contributed by atoms with Gasteiger partial charge >= 0.3 is 0 Å². The van der Waals surface area contributed by atoms with Crippen LogP contribution < -0.4 is 0 Å². The van der Waals surface area contributed by atoms with Gasteiger partial charge in [0.1, 0.15) is 5.78 Å². The Morgan fingerprint density at radius 1 is 1.20 bits per heavy atom. The number of nitrogens with zero attached hydrogens (tertiary/aromatic N) is 1. The van der Waals surface area contributed by atoms with Crippen molar-refractivity contribution < 1.29 is 17.9 Å². The van der Waals surface area contributed by atoms with Gasteiger partial charge in [0.2, 0.25) is 10.0 Å². The van der Waals surface area contributed by atoms with Gasteiger partial charge in [-0.25, -0.2) is 8.42 Å². The van der Waals surface area contributed by atoms with Crippen molar-refractivity contribution in [2.45, 2.75) is 51.0 Å². The SMILES string of the molecule is COCCS(=O)(=O)N1CCCCC1C1CCCCC1=O. The number of methoxy groups -OCH3 is 1. The molecule has 0 radical (unpaired) electrons. The Kier molecular flexibility index (Phi) is 5.57. The van der Waals surface area contributed by atoms with Gasteiger partial charge in [-0.15, -0.1) is 0 Å². The number of ether oxygens (including phenoxy) is 1. The largest absolute Gasteiger partial charge is 0.384 e. The van der Waals surface area contributed by atoms with Gasteiger partial charge in [0.15, 0.2) is 0 Å². The summed E-state index contributed by atoms with van der Waals surface area (Å²) in [5.41, 5.74) is 0. The molecule has 0 aromatic heterocycles. The quantitative estimate of drug-likeness (QED) is 0.773. The van der Waals surface area contributed by atoms with Gasteiger partial charge in [0.25, 0.3) is 0 Å². The molecule has 2 aliphatic rings. The Balaban J connectivity index is 2.14. The molecule has 0 bridgehead atoms. The lowest BCUT2D eigenvalue weighted by atomic mass is 9.80. The first-order valence-corrected chi connectivity index (χ1v) is 9.18. The monoisotopic (exact) mass is 303 g/mol. The van der Waals surface area contributed by atoms with E-state index in [0.717, 1.165) is 38.5 Å². The van der Waals surface area contributed by atoms with Crippen LogP contribution in [-0.4, -0.2) is 50.6 Å². The number of rotatable bonds is 5. The minimum Gasteiger partial charge on any atom is -0.384 e. The fourth-order valence-electron chi connectivity index (χ4n) is 3.40. The average molecular weight is 303 g/mol. The molecule has 0 spiro atoms. The maximum absolute atomic E-state index is 12.4. The molecule has 2 fully saturated rings. The van der Waals surface area contributed by atoms with Gasteiger partial charge < -0.3 is 4.74 Å². The first-order valence-electron chi connectivity index (χ1n) is 7.57. The van der Waals surface area contributed by atoms with Crippen molar-refractivity contribution in [2.75, 3.05) is 26.0 Å². The minimum absolute atomic E-state index is 0.0148. The summed E-state index contributed by atoms with van der Waals surface area (Å²) in [7, 11) is -1.80. The minimum atomic E-state index is -3.31. The van der Waals surface area contributed by atoms with Crippen LogP contribution >= 0.6 is 0 Å². The molecule has 1 aliphatic carbocycles. The molecule has 0 aromatic rings. The van der Waals surface area contributed by atoms with Crippen LogP contribution in [0.5, 0.6) is 0 Å². The zero-order valence-corrected chi connectivity index (χ0v) is 13.0. The average Bonchev–Trinajstić information content (AvgIpc) is 2.46. The Morgan fingerprint density at radius 3 is 2.65 bits per heavy atom. The lowest BCUT2D eigenvalue weighted by Crippen LogP contribution is -2.51. The number of sulfonamides is 1. The van der Waals surface area contributed by atoms with Crippen molar-refractivity contribution in [3.63, 3.8) is 0 Å². The molecule has 0 N–H and O–H groups in total. The van der Waals surface area contributed by atoms with E-state index in [4.69, 9.17) is 4.74 Å². The lowest BCUT2D eigenvalue weighted by Gasteiger charge is -2.40. The van der Waals surface area contributed by atoms with Crippen LogP contribution in [0, 0.1) is 5.92 Å². The van der Waals surface area contributed by atoms with Gasteiger partial charge in [-0.05, 0) is 25.7 Å². The second-order valence-electron chi connectivity index (χ2n) is 5.80. The smallest absolute Gasteiger partial charge is 0.216 e. The summed E-state index contributed by atoms with van der Waals surface area (Å²) in [6.07, 6.45) is 6.20. The maximum Gasteiger partial charge on any atom is 0.216 e. The molecule has 0 aromatic carbocycles. The van der Waals surface area contributed by atoms with Gasteiger partial charge in [-0.2, -0.15) is 4.31 Å². The Morgan fingerprint density at radius 2 is 1.95 bits per heavy atom. The highest BCUT2D eigenvalue weighted by molar-refractivity contribution is 7.89. The van der Waals surface area contributed by atoms with Crippen LogP contribution in [0.25, 0.3) is 0 Å². The van der Waals surface area contributed by atoms with E-state index in [2.05, 4.69) is 0 Å². The van der Waals surface area contributed by atoms with Gasteiger partial charge in [0.05, 0.1) is 12.4 Å². The number of carbonyl (C=O) groups is 1. The maximum atomic E-state index is 12.4. The predicted molar refractivity (Wildman–Crippen MR) is 77.0 cm³/mol. The van der Waals surface area contributed by atoms with E-state index in [1.807, 2.05) is 0 Å². The molecular weight excluding hydrogens is 278 g/mol. The highest BCUT2D eigenvalue weighted by atomic mass is 32.2. The van der Waals surface area contributed by atoms with E-state index in [0.29, 0.717) is 13.0 Å². The summed E-state index contributed by atoms with van der Waals surface area (Å²) in [5, 5.41) is 0. The van der Waals surface area contributed by atoms with Gasteiger partial charge in [0, 0.05) is 32.0 Å². The second-order valence-corrected chi connectivity index (χ2v) is 7.84. The standard InChI is InChI=1S/C14H25NO4S/c1-19-10-11-20(17,18)15-9-5-4-7-13(15)12-6-2-3-8-14(12)16/h12-13H,2-11H2,1H3. The summed E-state index contributed by atoms with van der Waals surface area (Å²) in [6.45, 7) is 0.769. The third kappa shape index (κ3) is 3.59. The van der Waals surface area contributed by atoms with Crippen molar-refractivity contribution in [1.29, 1.82) is 0 Å². The highest BCUT2D eigenvalue weighted by Gasteiger charge is 2.40. The molecule has 2 rings (SSSR count). The third-order valence-electron chi connectivity index (χ3n) is 4.47. The molecule has 1 saturated heterocycles. The number of carbonyl (C=O) groups excluding carboxylic acids is 1. The van der Waals surface area contributed by atoms with Gasteiger partial charge in [-0.3, -0.25) is 4.79 Å². The number of piperidine rings is 1. The molecule has 6 heteroatoms. The van der Waals surface area contributed by atoms with Crippen LogP contribution in [0.1, 0.15) is 44.9 Å². The number of hydrogen-bond acceptors (Lipinski definition) is 4. The fourth-order valence-corrected chi connectivity index (χ4v) is 5.08. The lowest BCUT2D eigenvalue weighted by molar-refractivity contribution is -0.126. The van der Waals surface area contributed by atoms with Crippen molar-refractivity contribution in [2.24, 2.45) is 5.92 Å². The van der Waals surface area contributed by atoms with Crippen LogP contribution in [0.15, 0.2) is 0 Å². The molecule has 1 heterocycles. The van der Waals surface area contributed by atoms with Crippen LogP contribution in [0.3, 0.4) is 0 Å². The number of ketones is 1. The summed E-state index contributed by atoms with van der Waals surface area (Å²) >= 11 is 0. The third-order valence-corrected chi connectivity index (χ3v) is 6.32. The summed E-state index contributed by atoms with van der Waals surface area (Å²) in [5.74, 6) is 0.192. The molecule has 1 saturated carbocycles. The summed E-state index contributed by atoms with van der Waals surface area (Å²) < 4.78 is 31.4. The molecular formula is C14H25NO4S. The van der Waals surface area contributed by atoms with E-state index < -0.39 is 10.0 Å². The first kappa shape index (κ1) is 15.9. The van der Waals surface area contributed by atoms with Crippen LogP contribution in [-0.2, 0) is 19.6 Å². The molecule has 1 aliphatic heterocycles. The van der Waals surface area contributed by atoms with E-state index in [9.17, 15) is 13.2 Å². The fraction of sp³-hybridized carbons (Fsp3) is 0.929. The van der Waals surface area contributed by atoms with Crippen molar-refractivity contribution in [3.05, 3.63) is 0 Å². The summed E-state index contributed by atoms with van der Waals surface area (Å²) in [6, 6.07) is -0.113. The molecule has 0 amide bonds. The van der Waals surface area contributed by atoms with Crippen molar-refractivity contribution in [1.82, 2.24) is 4.31 Å². The second kappa shape index (κ2) is 7.00. The van der Waals surface area contributed by atoms with Crippen LogP contribution in [0.4, 0.5) is 0 Å². The number of Topliss-reactive ketones (excluding diaryl/α,β-unsaturated/α-hetero) is 1. The van der Waals surface area contributed by atoms with E-state index in [-0.39, 0.29) is 30.1 Å². The molecule has 5 nitrogen and oxygen atoms in total. The van der Waals surface area contributed by atoms with E-state index in [1.54, 1.807) is 4.31 Å². The highest BCUT2D eigenvalue weighted by Crippen LogP contribution is 2.33. The summed E-state index contributed by atoms with van der Waals surface area (Å²) in [4.78, 5) is 12.1. The topological polar surface area (TPSA) is 63.7 Å². The van der Waals surface area contributed by atoms with Crippen molar-refractivity contribution >= 4 is 15.8 Å². The van der Waals surface area contributed by atoms with Crippen LogP contribution in [0.2, 0.25) is 0 Å². The molecule has 2 atom stereocenters. The van der Waals surface area contributed by atoms with E-state index in [1.165, 1.54) is 7.11 Å². The molecule has 116 valence electrons. The van der Waals surface area contributed by atoms with Gasteiger partial charge in [-0.1, -0.05) is 12.8 Å². The number of hydrogen-bond donors (Lipinski definition) is 0.